The lowest BCUT2D eigenvalue weighted by Gasteiger charge is -2.48. The van der Waals surface area contributed by atoms with E-state index in [-0.39, 0.29) is 0 Å². The minimum atomic E-state index is 0.618. The molecule has 0 radical (unpaired) electrons. The highest BCUT2D eigenvalue weighted by molar-refractivity contribution is 5.09. The van der Waals surface area contributed by atoms with Gasteiger partial charge in [0.1, 0.15) is 0 Å². The lowest BCUT2D eigenvalue weighted by Crippen LogP contribution is -2.40. The summed E-state index contributed by atoms with van der Waals surface area (Å²) in [6.07, 6.45) is 13.2. The molecule has 0 aromatic carbocycles. The Hall–Kier alpha value is 0. The molecule has 2 aliphatic rings. The van der Waals surface area contributed by atoms with Crippen LogP contribution in [0.25, 0.3) is 0 Å². The molecular weight excluding hydrogens is 252 g/mol. The molecule has 5 atom stereocenters. The molecule has 2 rings (SSSR count). The van der Waals surface area contributed by atoms with Gasteiger partial charge in [-0.15, -0.1) is 0 Å². The molecule has 0 bridgehead atoms. The second-order valence-corrected chi connectivity index (χ2v) is 9.43. The highest BCUT2D eigenvalue weighted by Crippen LogP contribution is 2.68. The fraction of sp³-hybridized carbons (Fsp3) is 1.00. The van der Waals surface area contributed by atoms with E-state index in [9.17, 15) is 0 Å². The molecule has 5 unspecified atom stereocenters. The predicted molar refractivity (Wildman–Crippen MR) is 94.4 cm³/mol. The number of hydrogen-bond acceptors (Lipinski definition) is 0. The average Bonchev–Trinajstić information content (AvgIpc) is 2.82. The smallest absolute Gasteiger partial charge is 0.0238 e. The Morgan fingerprint density at radius 3 is 2.43 bits per heavy atom. The van der Waals surface area contributed by atoms with Crippen LogP contribution in [0.5, 0.6) is 0 Å². The summed E-state index contributed by atoms with van der Waals surface area (Å²) in [5.74, 6) is 3.84. The first kappa shape index (κ1) is 17.4. The number of hydrogen-bond donors (Lipinski definition) is 0. The SMILES string of the molecule is CCCCC(CCC(C)C)C1(C)CCC2CC(C)CC21C. The van der Waals surface area contributed by atoms with Crippen LogP contribution in [0.1, 0.15) is 99.3 Å². The van der Waals surface area contributed by atoms with Gasteiger partial charge in [-0.25, -0.2) is 0 Å². The van der Waals surface area contributed by atoms with Crippen LogP contribution in [0.2, 0.25) is 0 Å². The van der Waals surface area contributed by atoms with E-state index < -0.39 is 0 Å². The topological polar surface area (TPSA) is 0 Å². The molecule has 0 amide bonds. The van der Waals surface area contributed by atoms with E-state index in [1.807, 2.05) is 0 Å². The maximum Gasteiger partial charge on any atom is -0.0238 e. The number of unbranched alkanes of at least 4 members (excludes halogenated alkanes) is 1. The molecule has 0 aromatic rings. The Morgan fingerprint density at radius 1 is 1.10 bits per heavy atom. The van der Waals surface area contributed by atoms with Gasteiger partial charge in [-0.05, 0) is 73.0 Å². The molecule has 0 aromatic heterocycles. The molecular formula is C21H40. The van der Waals surface area contributed by atoms with Gasteiger partial charge in [0, 0.05) is 0 Å². The lowest BCUT2D eigenvalue weighted by atomic mass is 9.57. The second kappa shape index (κ2) is 6.63. The fourth-order valence-corrected chi connectivity index (χ4v) is 6.05. The molecule has 0 N–H and O–H groups in total. The normalized spacial score (nSPS) is 40.7. The van der Waals surface area contributed by atoms with Gasteiger partial charge in [-0.3, -0.25) is 0 Å². The summed E-state index contributed by atoms with van der Waals surface area (Å²) in [5, 5.41) is 0. The van der Waals surface area contributed by atoms with Gasteiger partial charge < -0.3 is 0 Å². The van der Waals surface area contributed by atoms with Gasteiger partial charge in [0.2, 0.25) is 0 Å². The van der Waals surface area contributed by atoms with Crippen LogP contribution >= 0.6 is 0 Å². The van der Waals surface area contributed by atoms with E-state index in [2.05, 4.69) is 41.5 Å². The second-order valence-electron chi connectivity index (χ2n) is 9.43. The van der Waals surface area contributed by atoms with Crippen LogP contribution < -0.4 is 0 Å². The predicted octanol–water partition coefficient (Wildman–Crippen LogP) is 7.08. The summed E-state index contributed by atoms with van der Waals surface area (Å²) < 4.78 is 0. The van der Waals surface area contributed by atoms with Crippen molar-refractivity contribution < 1.29 is 0 Å². The molecule has 2 fully saturated rings. The summed E-state index contributed by atoms with van der Waals surface area (Å²) in [6, 6.07) is 0. The Kier molecular flexibility index (Phi) is 5.48. The van der Waals surface area contributed by atoms with Crippen LogP contribution in [0.4, 0.5) is 0 Å². The van der Waals surface area contributed by atoms with Crippen LogP contribution in [0.15, 0.2) is 0 Å². The summed E-state index contributed by atoms with van der Waals surface area (Å²) in [5.41, 5.74) is 1.26. The summed E-state index contributed by atoms with van der Waals surface area (Å²) in [4.78, 5) is 0. The Labute approximate surface area is 134 Å². The van der Waals surface area contributed by atoms with Gasteiger partial charge in [0.25, 0.3) is 0 Å². The van der Waals surface area contributed by atoms with Crippen molar-refractivity contribution in [3.8, 4) is 0 Å². The maximum atomic E-state index is 2.69. The third-order valence-corrected chi connectivity index (χ3v) is 7.58. The van der Waals surface area contributed by atoms with E-state index in [1.165, 1.54) is 57.8 Å². The largest absolute Gasteiger partial charge is 0.0654 e. The molecule has 0 aliphatic heterocycles. The molecule has 124 valence electrons. The monoisotopic (exact) mass is 292 g/mol. The molecule has 21 heavy (non-hydrogen) atoms. The standard InChI is InChI=1S/C21H40/c1-7-8-9-18(11-10-16(2)3)20(5)13-12-19-14-17(4)15-21(19,20)6/h16-19H,7-15H2,1-6H3. The summed E-state index contributed by atoms with van der Waals surface area (Å²) >= 11 is 0. The highest BCUT2D eigenvalue weighted by Gasteiger charge is 2.59. The van der Waals surface area contributed by atoms with Crippen LogP contribution in [0.3, 0.4) is 0 Å². The molecule has 0 nitrogen and oxygen atoms in total. The van der Waals surface area contributed by atoms with E-state index in [0.29, 0.717) is 10.8 Å². The fourth-order valence-electron chi connectivity index (χ4n) is 6.05. The zero-order valence-corrected chi connectivity index (χ0v) is 15.7. The van der Waals surface area contributed by atoms with Crippen molar-refractivity contribution in [3.05, 3.63) is 0 Å². The van der Waals surface area contributed by atoms with Gasteiger partial charge in [0.15, 0.2) is 0 Å². The van der Waals surface area contributed by atoms with Gasteiger partial charge >= 0.3 is 0 Å². The molecule has 0 spiro atoms. The minimum Gasteiger partial charge on any atom is -0.0654 e. The Balaban J connectivity index is 2.16. The van der Waals surface area contributed by atoms with Crippen molar-refractivity contribution in [1.29, 1.82) is 0 Å². The Morgan fingerprint density at radius 2 is 1.81 bits per heavy atom. The lowest BCUT2D eigenvalue weighted by molar-refractivity contribution is 0.0100. The number of rotatable bonds is 7. The van der Waals surface area contributed by atoms with Crippen molar-refractivity contribution >= 4 is 0 Å². The molecule has 2 saturated carbocycles. The average molecular weight is 293 g/mol. The molecule has 2 aliphatic carbocycles. The molecule has 0 heterocycles. The highest BCUT2D eigenvalue weighted by atomic mass is 14.6. The summed E-state index contributed by atoms with van der Waals surface area (Å²) in [7, 11) is 0. The Bertz CT molecular complexity index is 331. The third kappa shape index (κ3) is 3.20. The van der Waals surface area contributed by atoms with Gasteiger partial charge in [0.05, 0.1) is 0 Å². The van der Waals surface area contributed by atoms with E-state index in [1.54, 1.807) is 0 Å². The minimum absolute atomic E-state index is 0.618. The van der Waals surface area contributed by atoms with Gasteiger partial charge in [-0.2, -0.15) is 0 Å². The molecule has 0 saturated heterocycles. The van der Waals surface area contributed by atoms with Crippen molar-refractivity contribution in [2.24, 2.45) is 34.5 Å². The van der Waals surface area contributed by atoms with E-state index >= 15 is 0 Å². The van der Waals surface area contributed by atoms with Gasteiger partial charge in [-0.1, -0.05) is 60.8 Å². The number of fused-ring (bicyclic) bond motifs is 1. The van der Waals surface area contributed by atoms with Crippen molar-refractivity contribution in [3.63, 3.8) is 0 Å². The third-order valence-electron chi connectivity index (χ3n) is 7.58. The quantitative estimate of drug-likeness (QED) is 0.470. The van der Waals surface area contributed by atoms with E-state index in [4.69, 9.17) is 0 Å². The molecule has 0 heteroatoms. The first-order chi connectivity index (χ1) is 9.83. The first-order valence-electron chi connectivity index (χ1n) is 9.83. The van der Waals surface area contributed by atoms with Crippen molar-refractivity contribution in [2.45, 2.75) is 99.3 Å². The summed E-state index contributed by atoms with van der Waals surface area (Å²) in [6.45, 7) is 15.0. The first-order valence-corrected chi connectivity index (χ1v) is 9.83. The zero-order valence-electron chi connectivity index (χ0n) is 15.7. The maximum absolute atomic E-state index is 2.69. The van der Waals surface area contributed by atoms with Crippen LogP contribution in [0, 0.1) is 34.5 Å². The zero-order chi connectivity index (χ0) is 15.7. The van der Waals surface area contributed by atoms with Crippen LogP contribution in [-0.2, 0) is 0 Å². The van der Waals surface area contributed by atoms with E-state index in [0.717, 1.165) is 23.7 Å². The van der Waals surface area contributed by atoms with Crippen molar-refractivity contribution in [2.75, 3.05) is 0 Å². The van der Waals surface area contributed by atoms with Crippen molar-refractivity contribution in [1.82, 2.24) is 0 Å². The van der Waals surface area contributed by atoms with Crippen LogP contribution in [-0.4, -0.2) is 0 Å².